The monoisotopic (exact) mass is 456 g/mol. The van der Waals surface area contributed by atoms with Gasteiger partial charge in [-0.3, -0.25) is 0 Å². The van der Waals surface area contributed by atoms with Crippen LogP contribution in [0, 0.1) is 32.5 Å². The molecule has 1 aromatic heterocycles. The van der Waals surface area contributed by atoms with Gasteiger partial charge < -0.3 is 5.32 Å². The van der Waals surface area contributed by atoms with Gasteiger partial charge in [0.1, 0.15) is 11.6 Å². The summed E-state index contributed by atoms with van der Waals surface area (Å²) in [6.45, 7) is 11.4. The number of benzene rings is 2. The van der Waals surface area contributed by atoms with Crippen molar-refractivity contribution in [2.75, 3.05) is 11.9 Å². The van der Waals surface area contributed by atoms with Crippen LogP contribution in [0.3, 0.4) is 0 Å². The SMILES string of the molecule is CC(C)=CCNc1ccc(-c2cc(C)c(-c3ccc(CC4CCCC4)c(F)c3)c(C)c2C)cn1. The highest BCUT2D eigenvalue weighted by Gasteiger charge is 2.19. The van der Waals surface area contributed by atoms with Gasteiger partial charge >= 0.3 is 0 Å². The molecule has 0 unspecified atom stereocenters. The van der Waals surface area contributed by atoms with Crippen LogP contribution in [-0.2, 0) is 6.42 Å². The minimum Gasteiger partial charge on any atom is -0.367 e. The van der Waals surface area contributed by atoms with Crippen LogP contribution < -0.4 is 5.32 Å². The van der Waals surface area contributed by atoms with E-state index in [9.17, 15) is 0 Å². The lowest BCUT2D eigenvalue weighted by molar-refractivity contribution is 0.521. The molecule has 3 heteroatoms. The van der Waals surface area contributed by atoms with Gasteiger partial charge in [0.25, 0.3) is 0 Å². The molecule has 0 bridgehead atoms. The number of nitrogens with one attached hydrogen (secondary N) is 1. The minimum atomic E-state index is -0.0645. The summed E-state index contributed by atoms with van der Waals surface area (Å²) in [5, 5.41) is 3.33. The Hall–Kier alpha value is -2.94. The number of pyridine rings is 1. The highest BCUT2D eigenvalue weighted by molar-refractivity contribution is 5.80. The van der Waals surface area contributed by atoms with Crippen molar-refractivity contribution in [2.45, 2.75) is 66.7 Å². The number of nitrogens with zero attached hydrogens (tertiary/aromatic N) is 1. The van der Waals surface area contributed by atoms with E-state index in [0.29, 0.717) is 5.92 Å². The van der Waals surface area contributed by atoms with Crippen molar-refractivity contribution in [3.8, 4) is 22.3 Å². The maximum atomic E-state index is 15.1. The Bertz CT molecular complexity index is 1180. The van der Waals surface area contributed by atoms with E-state index in [2.05, 4.69) is 69.2 Å². The predicted molar refractivity (Wildman–Crippen MR) is 143 cm³/mol. The number of hydrogen-bond donors (Lipinski definition) is 1. The summed E-state index contributed by atoms with van der Waals surface area (Å²) in [4.78, 5) is 4.61. The van der Waals surface area contributed by atoms with Crippen molar-refractivity contribution in [1.82, 2.24) is 4.98 Å². The molecule has 178 valence electrons. The molecule has 34 heavy (non-hydrogen) atoms. The zero-order chi connectivity index (χ0) is 24.2. The average molecular weight is 457 g/mol. The molecule has 1 N–H and O–H groups in total. The number of aryl methyl sites for hydroxylation is 1. The highest BCUT2D eigenvalue weighted by atomic mass is 19.1. The molecule has 0 saturated heterocycles. The van der Waals surface area contributed by atoms with E-state index in [4.69, 9.17) is 0 Å². The first-order valence-corrected chi connectivity index (χ1v) is 12.6. The van der Waals surface area contributed by atoms with Gasteiger partial charge in [0.15, 0.2) is 0 Å². The molecule has 4 rings (SSSR count). The van der Waals surface area contributed by atoms with Gasteiger partial charge in [0, 0.05) is 18.3 Å². The number of anilines is 1. The van der Waals surface area contributed by atoms with Crippen LogP contribution in [0.2, 0.25) is 0 Å². The molecule has 2 nitrogen and oxygen atoms in total. The third kappa shape index (κ3) is 5.41. The van der Waals surface area contributed by atoms with Gasteiger partial charge in [-0.2, -0.15) is 0 Å². The second-order valence-electron chi connectivity index (χ2n) is 10.1. The maximum Gasteiger partial charge on any atom is 0.127 e. The number of aromatic nitrogens is 1. The minimum absolute atomic E-state index is 0.0645. The Morgan fingerprint density at radius 2 is 1.74 bits per heavy atom. The second kappa shape index (κ2) is 10.5. The Balaban J connectivity index is 1.59. The van der Waals surface area contributed by atoms with E-state index in [-0.39, 0.29) is 5.82 Å². The molecule has 1 aliphatic carbocycles. The molecule has 0 aliphatic heterocycles. The Kier molecular flexibility index (Phi) is 7.50. The summed E-state index contributed by atoms with van der Waals surface area (Å²) in [5.41, 5.74) is 10.1. The van der Waals surface area contributed by atoms with Gasteiger partial charge in [-0.1, -0.05) is 55.5 Å². The van der Waals surface area contributed by atoms with Crippen LogP contribution in [0.25, 0.3) is 22.3 Å². The van der Waals surface area contributed by atoms with Crippen LogP contribution in [0.4, 0.5) is 10.2 Å². The number of rotatable bonds is 7. The summed E-state index contributed by atoms with van der Waals surface area (Å²) in [6, 6.07) is 12.2. The van der Waals surface area contributed by atoms with Crippen LogP contribution >= 0.6 is 0 Å². The quantitative estimate of drug-likeness (QED) is 0.360. The molecule has 1 saturated carbocycles. The number of allylic oxidation sites excluding steroid dienone is 1. The fourth-order valence-electron chi connectivity index (χ4n) is 5.24. The van der Waals surface area contributed by atoms with Crippen molar-refractivity contribution >= 4 is 5.82 Å². The van der Waals surface area contributed by atoms with Gasteiger partial charge in [-0.05, 0) is 104 Å². The highest BCUT2D eigenvalue weighted by Crippen LogP contribution is 2.37. The zero-order valence-electron chi connectivity index (χ0n) is 21.3. The molecular formula is C31H37FN2. The van der Waals surface area contributed by atoms with Gasteiger partial charge in [0.2, 0.25) is 0 Å². The van der Waals surface area contributed by atoms with Crippen molar-refractivity contribution < 1.29 is 4.39 Å². The zero-order valence-corrected chi connectivity index (χ0v) is 21.3. The summed E-state index contributed by atoms with van der Waals surface area (Å²) >= 11 is 0. The Labute approximate surface area is 204 Å². The Morgan fingerprint density at radius 1 is 1.00 bits per heavy atom. The summed E-state index contributed by atoms with van der Waals surface area (Å²) in [7, 11) is 0. The molecule has 0 radical (unpaired) electrons. The summed E-state index contributed by atoms with van der Waals surface area (Å²) in [5.74, 6) is 1.45. The molecule has 3 aromatic rings. The van der Waals surface area contributed by atoms with E-state index in [0.717, 1.165) is 46.6 Å². The molecule has 1 heterocycles. The van der Waals surface area contributed by atoms with Crippen molar-refractivity contribution in [1.29, 1.82) is 0 Å². The molecule has 0 spiro atoms. The smallest absolute Gasteiger partial charge is 0.127 e. The van der Waals surface area contributed by atoms with Crippen molar-refractivity contribution in [2.24, 2.45) is 5.92 Å². The molecule has 0 amide bonds. The first-order valence-electron chi connectivity index (χ1n) is 12.6. The third-order valence-electron chi connectivity index (χ3n) is 7.29. The molecular weight excluding hydrogens is 419 g/mol. The second-order valence-corrected chi connectivity index (χ2v) is 10.1. The third-order valence-corrected chi connectivity index (χ3v) is 7.29. The van der Waals surface area contributed by atoms with Gasteiger partial charge in [-0.15, -0.1) is 0 Å². The van der Waals surface area contributed by atoms with Crippen LogP contribution in [0.1, 0.15) is 61.8 Å². The first-order chi connectivity index (χ1) is 16.3. The van der Waals surface area contributed by atoms with E-state index in [1.807, 2.05) is 18.3 Å². The largest absolute Gasteiger partial charge is 0.367 e. The molecule has 0 atom stereocenters. The van der Waals surface area contributed by atoms with E-state index in [1.54, 1.807) is 6.07 Å². The lowest BCUT2D eigenvalue weighted by Gasteiger charge is -2.18. The van der Waals surface area contributed by atoms with E-state index in [1.165, 1.54) is 47.9 Å². The molecule has 2 aromatic carbocycles. The summed E-state index contributed by atoms with van der Waals surface area (Å²) < 4.78 is 15.1. The standard InChI is InChI=1S/C31H37FN2/c1-20(2)14-15-33-30-13-12-27(19-34-30)28-16-21(3)31(23(5)22(28)4)26-11-10-25(29(32)18-26)17-24-8-6-7-9-24/h10-14,16,18-19,24H,6-9,15,17H2,1-5H3,(H,33,34). The lowest BCUT2D eigenvalue weighted by atomic mass is 9.87. The molecule has 1 fully saturated rings. The van der Waals surface area contributed by atoms with E-state index >= 15 is 4.39 Å². The Morgan fingerprint density at radius 3 is 2.38 bits per heavy atom. The fourth-order valence-corrected chi connectivity index (χ4v) is 5.24. The van der Waals surface area contributed by atoms with Crippen LogP contribution in [-0.4, -0.2) is 11.5 Å². The van der Waals surface area contributed by atoms with Crippen LogP contribution in [0.15, 0.2) is 54.2 Å². The van der Waals surface area contributed by atoms with Crippen molar-refractivity contribution in [3.05, 3.63) is 82.3 Å². The van der Waals surface area contributed by atoms with E-state index < -0.39 is 0 Å². The summed E-state index contributed by atoms with van der Waals surface area (Å²) in [6.07, 6.45) is 10.0. The van der Waals surface area contributed by atoms with Crippen molar-refractivity contribution in [3.63, 3.8) is 0 Å². The maximum absolute atomic E-state index is 15.1. The normalized spacial score (nSPS) is 13.8. The fraction of sp³-hybridized carbons (Fsp3) is 0.387. The average Bonchev–Trinajstić information content (AvgIpc) is 3.32. The first kappa shape index (κ1) is 24.2. The predicted octanol–water partition coefficient (Wildman–Crippen LogP) is 8.59. The molecule has 1 aliphatic rings. The van der Waals surface area contributed by atoms with Gasteiger partial charge in [-0.25, -0.2) is 9.37 Å². The lowest BCUT2D eigenvalue weighted by Crippen LogP contribution is -2.02. The number of halogens is 1. The van der Waals surface area contributed by atoms with Crippen LogP contribution in [0.5, 0.6) is 0 Å². The topological polar surface area (TPSA) is 24.9 Å². The van der Waals surface area contributed by atoms with Gasteiger partial charge in [0.05, 0.1) is 0 Å². The number of hydrogen-bond acceptors (Lipinski definition) is 2.